The molecule has 30 heavy (non-hydrogen) atoms. The molecule has 4 rings (SSSR count). The SMILES string of the molecule is CCC(C)c1ccc(-n2c(C)cc(/C=C3\C(=N)N4N=C(C)SC4=NC3=O)c2C)cc1. The second kappa shape index (κ2) is 7.72. The summed E-state index contributed by atoms with van der Waals surface area (Å²) < 4.78 is 2.17. The van der Waals surface area contributed by atoms with E-state index in [1.165, 1.54) is 22.3 Å². The number of fused-ring (bicyclic) bond motifs is 1. The van der Waals surface area contributed by atoms with Crippen LogP contribution in [0.25, 0.3) is 11.8 Å². The van der Waals surface area contributed by atoms with Crippen molar-refractivity contribution in [3.63, 3.8) is 0 Å². The molecule has 2 aromatic rings. The van der Waals surface area contributed by atoms with E-state index in [-0.39, 0.29) is 11.4 Å². The summed E-state index contributed by atoms with van der Waals surface area (Å²) in [6.07, 6.45) is 2.87. The fourth-order valence-corrected chi connectivity index (χ4v) is 4.50. The summed E-state index contributed by atoms with van der Waals surface area (Å²) in [6, 6.07) is 10.7. The highest BCUT2D eigenvalue weighted by Crippen LogP contribution is 2.30. The first-order valence-electron chi connectivity index (χ1n) is 10.1. The van der Waals surface area contributed by atoms with E-state index in [1.54, 1.807) is 6.08 Å². The topological polar surface area (TPSA) is 73.8 Å². The number of aliphatic imine (C=N–C) groups is 1. The molecule has 3 heterocycles. The summed E-state index contributed by atoms with van der Waals surface area (Å²) in [5.74, 6) is 0.207. The predicted octanol–water partition coefficient (Wildman–Crippen LogP) is 5.25. The number of hydrogen-bond acceptors (Lipinski definition) is 4. The Morgan fingerprint density at radius 3 is 2.57 bits per heavy atom. The van der Waals surface area contributed by atoms with Gasteiger partial charge in [-0.1, -0.05) is 26.0 Å². The molecule has 7 heteroatoms. The Hall–Kier alpha value is -2.93. The number of aryl methyl sites for hydroxylation is 1. The van der Waals surface area contributed by atoms with Gasteiger partial charge in [0.1, 0.15) is 0 Å². The van der Waals surface area contributed by atoms with Gasteiger partial charge >= 0.3 is 0 Å². The molecule has 0 bridgehead atoms. The van der Waals surface area contributed by atoms with Crippen molar-refractivity contribution in [2.24, 2.45) is 10.1 Å². The average molecular weight is 420 g/mol. The minimum Gasteiger partial charge on any atom is -0.318 e. The van der Waals surface area contributed by atoms with Crippen LogP contribution in [-0.2, 0) is 4.79 Å². The number of thioether (sulfide) groups is 1. The molecule has 1 unspecified atom stereocenters. The largest absolute Gasteiger partial charge is 0.318 e. The van der Waals surface area contributed by atoms with Crippen LogP contribution in [0.3, 0.4) is 0 Å². The first-order chi connectivity index (χ1) is 14.3. The zero-order valence-corrected chi connectivity index (χ0v) is 18.7. The summed E-state index contributed by atoms with van der Waals surface area (Å²) in [4.78, 5) is 16.7. The van der Waals surface area contributed by atoms with Crippen LogP contribution in [0.1, 0.15) is 55.6 Å². The van der Waals surface area contributed by atoms with Gasteiger partial charge in [0.25, 0.3) is 5.91 Å². The average Bonchev–Trinajstić information content (AvgIpc) is 3.23. The summed E-state index contributed by atoms with van der Waals surface area (Å²) in [7, 11) is 0. The molecule has 0 aliphatic carbocycles. The van der Waals surface area contributed by atoms with Gasteiger partial charge in [0, 0.05) is 17.1 Å². The summed E-state index contributed by atoms with van der Waals surface area (Å²) in [5, 5.41) is 15.4. The number of aromatic nitrogens is 1. The molecule has 1 N–H and O–H groups in total. The Kier molecular flexibility index (Phi) is 5.24. The van der Waals surface area contributed by atoms with Gasteiger partial charge in [-0.15, -0.1) is 0 Å². The van der Waals surface area contributed by atoms with Crippen LogP contribution in [0.15, 0.2) is 46.0 Å². The molecule has 1 amide bonds. The summed E-state index contributed by atoms with van der Waals surface area (Å²) in [6.45, 7) is 10.4. The highest BCUT2D eigenvalue weighted by atomic mass is 32.2. The molecule has 2 aliphatic rings. The Morgan fingerprint density at radius 1 is 1.20 bits per heavy atom. The number of carbonyl (C=O) groups excluding carboxylic acids is 1. The quantitative estimate of drug-likeness (QED) is 0.688. The van der Waals surface area contributed by atoms with Crippen LogP contribution in [0.4, 0.5) is 0 Å². The van der Waals surface area contributed by atoms with Crippen molar-refractivity contribution in [1.82, 2.24) is 9.58 Å². The lowest BCUT2D eigenvalue weighted by Crippen LogP contribution is -2.35. The highest BCUT2D eigenvalue weighted by molar-refractivity contribution is 8.26. The first-order valence-corrected chi connectivity index (χ1v) is 10.9. The number of hydrogen-bond donors (Lipinski definition) is 1. The minimum atomic E-state index is -0.397. The standard InChI is InChI=1S/C23H25N5OS/c1-6-13(2)17-7-9-19(10-8-17)27-14(3)11-18(15(27)4)12-20-21(24)28-23(25-22(20)29)30-16(5)26-28/h7-13,24H,6H2,1-5H3/b20-12+,24-21?. The number of amidine groups is 2. The van der Waals surface area contributed by atoms with E-state index in [9.17, 15) is 4.79 Å². The predicted molar refractivity (Wildman–Crippen MR) is 125 cm³/mol. The van der Waals surface area contributed by atoms with E-state index < -0.39 is 5.91 Å². The third-order valence-electron chi connectivity index (χ3n) is 5.66. The molecule has 1 aromatic heterocycles. The maximum Gasteiger partial charge on any atom is 0.283 e. The Bertz CT molecular complexity index is 1140. The molecule has 0 saturated carbocycles. The molecule has 0 fully saturated rings. The fourth-order valence-electron chi connectivity index (χ4n) is 3.76. The number of nitrogens with one attached hydrogen (secondary N) is 1. The van der Waals surface area contributed by atoms with Crippen molar-refractivity contribution in [3.8, 4) is 5.69 Å². The minimum absolute atomic E-state index is 0.0667. The number of benzene rings is 1. The highest BCUT2D eigenvalue weighted by Gasteiger charge is 2.34. The summed E-state index contributed by atoms with van der Waals surface area (Å²) in [5.41, 5.74) is 5.66. The lowest BCUT2D eigenvalue weighted by atomic mass is 9.98. The van der Waals surface area contributed by atoms with E-state index in [2.05, 4.69) is 52.8 Å². The van der Waals surface area contributed by atoms with Gasteiger partial charge in [0.2, 0.25) is 5.17 Å². The maximum atomic E-state index is 12.6. The van der Waals surface area contributed by atoms with Gasteiger partial charge in [-0.25, -0.2) is 0 Å². The van der Waals surface area contributed by atoms with E-state index in [1.807, 2.05) is 26.8 Å². The molecule has 0 radical (unpaired) electrons. The van der Waals surface area contributed by atoms with Crippen molar-refractivity contribution in [1.29, 1.82) is 5.41 Å². The lowest BCUT2D eigenvalue weighted by molar-refractivity contribution is -0.114. The van der Waals surface area contributed by atoms with Crippen LogP contribution >= 0.6 is 11.8 Å². The van der Waals surface area contributed by atoms with Crippen LogP contribution < -0.4 is 0 Å². The van der Waals surface area contributed by atoms with E-state index in [0.717, 1.165) is 34.1 Å². The van der Waals surface area contributed by atoms with Gasteiger partial charge in [-0.3, -0.25) is 10.2 Å². The van der Waals surface area contributed by atoms with Crippen LogP contribution in [0, 0.1) is 19.3 Å². The van der Waals surface area contributed by atoms with E-state index in [0.29, 0.717) is 11.1 Å². The maximum absolute atomic E-state index is 12.6. The molecule has 0 saturated heterocycles. The first kappa shape index (κ1) is 20.3. The number of carbonyl (C=O) groups is 1. The molecule has 6 nitrogen and oxygen atoms in total. The lowest BCUT2D eigenvalue weighted by Gasteiger charge is -2.20. The third kappa shape index (κ3) is 3.43. The van der Waals surface area contributed by atoms with E-state index >= 15 is 0 Å². The van der Waals surface area contributed by atoms with E-state index in [4.69, 9.17) is 5.41 Å². The monoisotopic (exact) mass is 419 g/mol. The number of rotatable bonds is 4. The zero-order valence-electron chi connectivity index (χ0n) is 17.9. The second-order valence-electron chi connectivity index (χ2n) is 7.70. The second-order valence-corrected chi connectivity index (χ2v) is 8.86. The molecule has 0 spiro atoms. The fraction of sp³-hybridized carbons (Fsp3) is 0.304. The Labute approximate surface area is 180 Å². The van der Waals surface area contributed by atoms with Crippen molar-refractivity contribution in [3.05, 3.63) is 58.4 Å². The normalized spacial score (nSPS) is 18.6. The van der Waals surface area contributed by atoms with Crippen molar-refractivity contribution in [2.45, 2.75) is 47.0 Å². The van der Waals surface area contributed by atoms with Crippen LogP contribution in [0.5, 0.6) is 0 Å². The Balaban J connectivity index is 1.71. The molecule has 2 aliphatic heterocycles. The molecule has 154 valence electrons. The Morgan fingerprint density at radius 2 is 1.90 bits per heavy atom. The van der Waals surface area contributed by atoms with Gasteiger partial charge in [-0.2, -0.15) is 15.1 Å². The number of amides is 1. The number of hydrazone groups is 1. The number of nitrogens with zero attached hydrogens (tertiary/aromatic N) is 4. The molecular weight excluding hydrogens is 394 g/mol. The van der Waals surface area contributed by atoms with Crippen molar-refractivity contribution >= 4 is 39.8 Å². The van der Waals surface area contributed by atoms with Crippen molar-refractivity contribution in [2.75, 3.05) is 0 Å². The molecular formula is C23H25N5OS. The summed E-state index contributed by atoms with van der Waals surface area (Å²) >= 11 is 1.31. The third-order valence-corrected chi connectivity index (χ3v) is 6.48. The van der Waals surface area contributed by atoms with Crippen LogP contribution in [0.2, 0.25) is 0 Å². The smallest absolute Gasteiger partial charge is 0.283 e. The molecule has 1 atom stereocenters. The molecule has 1 aromatic carbocycles. The zero-order chi connectivity index (χ0) is 21.6. The van der Waals surface area contributed by atoms with Gasteiger partial charge < -0.3 is 4.57 Å². The van der Waals surface area contributed by atoms with Gasteiger partial charge in [-0.05, 0) is 80.3 Å². The van der Waals surface area contributed by atoms with Gasteiger partial charge in [0.05, 0.1) is 10.6 Å². The van der Waals surface area contributed by atoms with Gasteiger partial charge in [0.15, 0.2) is 5.84 Å². The van der Waals surface area contributed by atoms with Crippen molar-refractivity contribution < 1.29 is 4.79 Å². The van der Waals surface area contributed by atoms with Crippen LogP contribution in [-0.4, -0.2) is 31.5 Å².